The molecule has 19 heteroatoms. The summed E-state index contributed by atoms with van der Waals surface area (Å²) in [6.45, 7) is 11.9. The van der Waals surface area contributed by atoms with Crippen LogP contribution in [-0.4, -0.2) is 96.7 Å². The second-order valence-corrected chi connectivity index (χ2v) is 33.3. The van der Waals surface area contributed by atoms with Crippen molar-refractivity contribution in [1.82, 2.24) is 0 Å². The number of phosphoric ester groups is 2. The van der Waals surface area contributed by atoms with Gasteiger partial charge in [-0.15, -0.1) is 0 Å². The number of rotatable bonds is 79. The van der Waals surface area contributed by atoms with Crippen LogP contribution in [0.4, 0.5) is 0 Å². The van der Waals surface area contributed by atoms with E-state index in [-0.39, 0.29) is 25.7 Å². The lowest BCUT2D eigenvalue weighted by Crippen LogP contribution is -2.30. The van der Waals surface area contributed by atoms with Crippen molar-refractivity contribution in [3.63, 3.8) is 0 Å². The van der Waals surface area contributed by atoms with Gasteiger partial charge in [0.2, 0.25) is 0 Å². The fourth-order valence-corrected chi connectivity index (χ4v) is 14.0. The molecule has 0 bridgehead atoms. The van der Waals surface area contributed by atoms with Crippen molar-refractivity contribution in [2.75, 3.05) is 39.6 Å². The maximum Gasteiger partial charge on any atom is 0.472 e. The van der Waals surface area contributed by atoms with Gasteiger partial charge in [0.25, 0.3) is 0 Å². The van der Waals surface area contributed by atoms with Gasteiger partial charge in [0, 0.05) is 25.7 Å². The first-order valence-corrected chi connectivity index (χ1v) is 44.9. The maximum atomic E-state index is 13.1. The Balaban J connectivity index is 5.25. The molecule has 0 aliphatic rings. The monoisotopic (exact) mass is 1470 g/mol. The third-order valence-electron chi connectivity index (χ3n) is 19.2. The fraction of sp³-hybridized carbons (Fsp3) is 0.951. The van der Waals surface area contributed by atoms with Crippen LogP contribution in [0, 0.1) is 17.8 Å². The molecule has 100 heavy (non-hydrogen) atoms. The number of hydrogen-bond acceptors (Lipinski definition) is 15. The molecule has 0 aromatic heterocycles. The van der Waals surface area contributed by atoms with E-state index in [0.29, 0.717) is 25.7 Å². The molecular weight excluding hydrogens is 1310 g/mol. The second-order valence-electron chi connectivity index (χ2n) is 30.4. The lowest BCUT2D eigenvalue weighted by Gasteiger charge is -2.21. The number of ether oxygens (including phenoxy) is 4. The van der Waals surface area contributed by atoms with Gasteiger partial charge in [0.15, 0.2) is 12.2 Å². The average molecular weight is 1470 g/mol. The standard InChI is InChI=1S/C81H158O17P2/c1-8-10-11-12-13-14-15-16-17-18-22-25-28-33-41-48-55-62-78(83)91-68-76(97-80(85)64-57-50-43-34-29-26-23-20-19-21-24-27-31-38-45-52-59-72(3)4)70-95-99(87,88)93-66-75(82)67-94-100(89,90)96-71-77(98-81(86)65-58-51-44-35-30-32-39-46-53-60-73(5)6)69-92-79(84)63-56-49-42-37-36-40-47-54-61-74(7)9-2/h72-77,82H,8-71H2,1-7H3,(H,87,88)(H,89,90)/t74?,75-,76-,77-/m1/s1. The minimum atomic E-state index is -4.96. The summed E-state index contributed by atoms with van der Waals surface area (Å²) in [7, 11) is -9.92. The molecule has 6 atom stereocenters. The van der Waals surface area contributed by atoms with Crippen molar-refractivity contribution in [1.29, 1.82) is 0 Å². The molecule has 0 saturated carbocycles. The first-order valence-electron chi connectivity index (χ1n) is 41.9. The van der Waals surface area contributed by atoms with Crippen molar-refractivity contribution in [2.24, 2.45) is 17.8 Å². The van der Waals surface area contributed by atoms with E-state index in [1.54, 1.807) is 0 Å². The van der Waals surface area contributed by atoms with Gasteiger partial charge < -0.3 is 33.8 Å². The van der Waals surface area contributed by atoms with Gasteiger partial charge in [-0.25, -0.2) is 9.13 Å². The third-order valence-corrected chi connectivity index (χ3v) is 21.1. The Bertz CT molecular complexity index is 1940. The molecule has 0 heterocycles. The minimum Gasteiger partial charge on any atom is -0.462 e. The van der Waals surface area contributed by atoms with Crippen molar-refractivity contribution >= 4 is 39.5 Å². The number of carbonyl (C=O) groups is 4. The largest absolute Gasteiger partial charge is 0.472 e. The van der Waals surface area contributed by atoms with E-state index in [4.69, 9.17) is 37.0 Å². The summed E-state index contributed by atoms with van der Waals surface area (Å²) in [5.41, 5.74) is 0. The molecule has 0 fully saturated rings. The lowest BCUT2D eigenvalue weighted by atomic mass is 9.99. The summed E-state index contributed by atoms with van der Waals surface area (Å²) in [5, 5.41) is 10.6. The van der Waals surface area contributed by atoms with Crippen LogP contribution in [0.25, 0.3) is 0 Å². The molecule has 17 nitrogen and oxygen atoms in total. The molecule has 0 aliphatic heterocycles. The zero-order valence-corrected chi connectivity index (χ0v) is 67.5. The van der Waals surface area contributed by atoms with E-state index in [9.17, 15) is 43.2 Å². The molecule has 0 amide bonds. The van der Waals surface area contributed by atoms with Gasteiger partial charge in [-0.2, -0.15) is 0 Å². The van der Waals surface area contributed by atoms with Gasteiger partial charge in [-0.05, 0) is 43.4 Å². The Morgan fingerprint density at radius 1 is 0.290 bits per heavy atom. The SMILES string of the molecule is CCCCCCCCCCCCCCCCCCCC(=O)OC[C@H](COP(=O)(O)OC[C@@H](O)COP(=O)(O)OC[C@@H](COC(=O)CCCCCCCCCCC(C)CC)OC(=O)CCCCCCCCCCCC(C)C)OC(=O)CCCCCCCCCCCCCCCCCCC(C)C. The van der Waals surface area contributed by atoms with Gasteiger partial charge in [0.05, 0.1) is 26.4 Å². The highest BCUT2D eigenvalue weighted by Gasteiger charge is 2.30. The molecular formula is C81H158O17P2. The third kappa shape index (κ3) is 73.0. The molecule has 3 unspecified atom stereocenters. The van der Waals surface area contributed by atoms with E-state index in [2.05, 4.69) is 48.5 Å². The summed E-state index contributed by atoms with van der Waals surface area (Å²) in [4.78, 5) is 73.0. The summed E-state index contributed by atoms with van der Waals surface area (Å²) >= 11 is 0. The highest BCUT2D eigenvalue weighted by molar-refractivity contribution is 7.47. The number of carbonyl (C=O) groups excluding carboxylic acids is 4. The molecule has 0 aliphatic carbocycles. The van der Waals surface area contributed by atoms with E-state index in [0.717, 1.165) is 108 Å². The number of aliphatic hydroxyl groups excluding tert-OH is 1. The summed E-state index contributed by atoms with van der Waals surface area (Å²) in [5.74, 6) is 0.212. The maximum absolute atomic E-state index is 13.1. The summed E-state index contributed by atoms with van der Waals surface area (Å²) in [6.07, 6.45) is 59.6. The number of aliphatic hydroxyl groups is 1. The van der Waals surface area contributed by atoms with Gasteiger partial charge in [-0.1, -0.05) is 370 Å². The predicted octanol–water partition coefficient (Wildman–Crippen LogP) is 24.1. The van der Waals surface area contributed by atoms with Crippen LogP contribution in [0.15, 0.2) is 0 Å². The molecule has 594 valence electrons. The van der Waals surface area contributed by atoms with Crippen LogP contribution < -0.4 is 0 Å². The first kappa shape index (κ1) is 98.1. The van der Waals surface area contributed by atoms with Gasteiger partial charge in [-0.3, -0.25) is 37.3 Å². The van der Waals surface area contributed by atoms with Gasteiger partial charge >= 0.3 is 39.5 Å². The van der Waals surface area contributed by atoms with Crippen molar-refractivity contribution < 1.29 is 80.2 Å². The number of unbranched alkanes of at least 4 members (excludes halogenated alkanes) is 46. The normalized spacial score (nSPS) is 14.2. The first-order chi connectivity index (χ1) is 48.3. The Kier molecular flexibility index (Phi) is 69.9. The fourth-order valence-electron chi connectivity index (χ4n) is 12.5. The Labute approximate surface area is 613 Å². The van der Waals surface area contributed by atoms with E-state index < -0.39 is 97.5 Å². The van der Waals surface area contributed by atoms with Crippen LogP contribution in [0.2, 0.25) is 0 Å². The van der Waals surface area contributed by atoms with E-state index in [1.807, 2.05) is 0 Å². The molecule has 3 N–H and O–H groups in total. The highest BCUT2D eigenvalue weighted by atomic mass is 31.2. The van der Waals surface area contributed by atoms with E-state index in [1.165, 1.54) is 231 Å². The van der Waals surface area contributed by atoms with Crippen LogP contribution in [0.3, 0.4) is 0 Å². The molecule has 0 spiro atoms. The zero-order chi connectivity index (χ0) is 73.7. The van der Waals surface area contributed by atoms with Crippen molar-refractivity contribution in [3.05, 3.63) is 0 Å². The van der Waals surface area contributed by atoms with Crippen LogP contribution in [0.1, 0.15) is 421 Å². The number of hydrogen-bond donors (Lipinski definition) is 3. The highest BCUT2D eigenvalue weighted by Crippen LogP contribution is 2.45. The van der Waals surface area contributed by atoms with Crippen LogP contribution in [0.5, 0.6) is 0 Å². The average Bonchev–Trinajstić information content (AvgIpc) is 0.938. The number of phosphoric acid groups is 2. The predicted molar refractivity (Wildman–Crippen MR) is 409 cm³/mol. The molecule has 0 aromatic rings. The minimum absolute atomic E-state index is 0.105. The number of esters is 4. The lowest BCUT2D eigenvalue weighted by molar-refractivity contribution is -0.161. The zero-order valence-electron chi connectivity index (χ0n) is 65.7. The van der Waals surface area contributed by atoms with Crippen LogP contribution >= 0.6 is 15.6 Å². The second kappa shape index (κ2) is 71.3. The van der Waals surface area contributed by atoms with Crippen molar-refractivity contribution in [2.45, 2.75) is 439 Å². The van der Waals surface area contributed by atoms with Crippen molar-refractivity contribution in [3.8, 4) is 0 Å². The Morgan fingerprint density at radius 2 is 0.510 bits per heavy atom. The van der Waals surface area contributed by atoms with E-state index >= 15 is 0 Å². The summed E-state index contributed by atoms with van der Waals surface area (Å²) < 4.78 is 68.7. The quantitative estimate of drug-likeness (QED) is 0.0222. The smallest absolute Gasteiger partial charge is 0.462 e. The Hall–Kier alpha value is -1.94. The van der Waals surface area contributed by atoms with Crippen LogP contribution in [-0.2, 0) is 65.4 Å². The Morgan fingerprint density at radius 3 is 0.760 bits per heavy atom. The van der Waals surface area contributed by atoms with Gasteiger partial charge in [0.1, 0.15) is 19.3 Å². The molecule has 0 rings (SSSR count). The molecule has 0 radical (unpaired) electrons. The topological polar surface area (TPSA) is 237 Å². The molecule has 0 aromatic carbocycles. The summed E-state index contributed by atoms with van der Waals surface area (Å²) in [6, 6.07) is 0. The molecule has 0 saturated heterocycles.